The summed E-state index contributed by atoms with van der Waals surface area (Å²) >= 11 is 0. The number of phenolic OH excluding ortho intramolecular Hbond substituents is 1. The third-order valence-corrected chi connectivity index (χ3v) is 3.00. The number of hydrogen-bond acceptors (Lipinski definition) is 3. The number of aromatic hydroxyl groups is 1. The van der Waals surface area contributed by atoms with Crippen molar-refractivity contribution in [2.24, 2.45) is 0 Å². The van der Waals surface area contributed by atoms with Crippen molar-refractivity contribution in [3.8, 4) is 11.5 Å². The Morgan fingerprint density at radius 2 is 2.06 bits per heavy atom. The summed E-state index contributed by atoms with van der Waals surface area (Å²) in [5.74, 6) is 0.788. The minimum atomic E-state index is 0.115. The number of rotatable bonds is 2. The standard InChI is InChI=1S/C14H16O3/c1-17-14-9-10(6-7-13(14)16)8-11-4-2-3-5-12(11)15/h6-9,16H,2-5H2,1H3. The molecule has 0 radical (unpaired) electrons. The van der Waals surface area contributed by atoms with Gasteiger partial charge in [0.05, 0.1) is 7.11 Å². The van der Waals surface area contributed by atoms with Crippen LogP contribution in [0, 0.1) is 0 Å². The van der Waals surface area contributed by atoms with E-state index in [1.54, 1.807) is 18.2 Å². The van der Waals surface area contributed by atoms with Crippen LogP contribution in [-0.4, -0.2) is 18.0 Å². The molecule has 0 aromatic heterocycles. The number of carbonyl (C=O) groups excluding carboxylic acids is 1. The van der Waals surface area contributed by atoms with Crippen molar-refractivity contribution < 1.29 is 14.6 Å². The molecule has 0 saturated heterocycles. The van der Waals surface area contributed by atoms with Crippen LogP contribution in [0.3, 0.4) is 0 Å². The lowest BCUT2D eigenvalue weighted by molar-refractivity contribution is -0.116. The predicted octanol–water partition coefficient (Wildman–Crippen LogP) is 2.93. The number of benzene rings is 1. The fraction of sp³-hybridized carbons (Fsp3) is 0.357. The van der Waals surface area contributed by atoms with Crippen molar-refractivity contribution in [3.63, 3.8) is 0 Å². The average Bonchev–Trinajstić information content (AvgIpc) is 2.34. The number of ether oxygens (including phenoxy) is 1. The molecule has 90 valence electrons. The van der Waals surface area contributed by atoms with Gasteiger partial charge in [0.2, 0.25) is 0 Å². The smallest absolute Gasteiger partial charge is 0.161 e. The third kappa shape index (κ3) is 2.67. The Balaban J connectivity index is 2.28. The molecule has 1 aliphatic rings. The summed E-state index contributed by atoms with van der Waals surface area (Å²) in [5.41, 5.74) is 1.77. The van der Waals surface area contributed by atoms with E-state index in [0.29, 0.717) is 12.2 Å². The Kier molecular flexibility index (Phi) is 3.47. The Hall–Kier alpha value is -1.77. The van der Waals surface area contributed by atoms with Crippen LogP contribution in [0.25, 0.3) is 6.08 Å². The van der Waals surface area contributed by atoms with E-state index >= 15 is 0 Å². The van der Waals surface area contributed by atoms with Gasteiger partial charge in [-0.1, -0.05) is 6.07 Å². The van der Waals surface area contributed by atoms with Gasteiger partial charge in [0.15, 0.2) is 17.3 Å². The van der Waals surface area contributed by atoms with Gasteiger partial charge in [0.1, 0.15) is 0 Å². The summed E-state index contributed by atoms with van der Waals surface area (Å²) < 4.78 is 5.04. The van der Waals surface area contributed by atoms with Crippen molar-refractivity contribution in [2.75, 3.05) is 7.11 Å². The Morgan fingerprint density at radius 1 is 1.29 bits per heavy atom. The van der Waals surface area contributed by atoms with E-state index in [0.717, 1.165) is 30.4 Å². The Labute approximate surface area is 101 Å². The molecule has 0 atom stereocenters. The minimum absolute atomic E-state index is 0.115. The molecule has 3 heteroatoms. The number of Topliss-reactive ketones (excluding diaryl/α,β-unsaturated/α-hetero) is 1. The second-order valence-corrected chi connectivity index (χ2v) is 4.23. The van der Waals surface area contributed by atoms with E-state index in [2.05, 4.69) is 0 Å². The van der Waals surface area contributed by atoms with E-state index < -0.39 is 0 Å². The average molecular weight is 232 g/mol. The SMILES string of the molecule is COc1cc(C=C2CCCCC2=O)ccc1O. The van der Waals surface area contributed by atoms with Gasteiger partial charge in [-0.15, -0.1) is 0 Å². The predicted molar refractivity (Wildman–Crippen MR) is 66.1 cm³/mol. The summed E-state index contributed by atoms with van der Waals surface area (Å²) in [7, 11) is 1.51. The molecule has 0 aliphatic heterocycles. The molecule has 0 bridgehead atoms. The second kappa shape index (κ2) is 5.04. The minimum Gasteiger partial charge on any atom is -0.504 e. The second-order valence-electron chi connectivity index (χ2n) is 4.23. The molecular weight excluding hydrogens is 216 g/mol. The fourth-order valence-electron chi connectivity index (χ4n) is 2.04. The van der Waals surface area contributed by atoms with Crippen molar-refractivity contribution >= 4 is 11.9 Å². The van der Waals surface area contributed by atoms with Crippen LogP contribution < -0.4 is 4.74 Å². The van der Waals surface area contributed by atoms with Crippen molar-refractivity contribution in [1.29, 1.82) is 0 Å². The first-order valence-electron chi connectivity index (χ1n) is 5.81. The van der Waals surface area contributed by atoms with Crippen LogP contribution in [0.1, 0.15) is 31.2 Å². The van der Waals surface area contributed by atoms with Gasteiger partial charge >= 0.3 is 0 Å². The molecule has 1 aromatic carbocycles. The highest BCUT2D eigenvalue weighted by molar-refractivity contribution is 6.00. The van der Waals surface area contributed by atoms with Crippen LogP contribution in [0.15, 0.2) is 23.8 Å². The molecule has 1 aromatic rings. The van der Waals surface area contributed by atoms with Crippen LogP contribution in [0.5, 0.6) is 11.5 Å². The highest BCUT2D eigenvalue weighted by Crippen LogP contribution is 2.28. The zero-order chi connectivity index (χ0) is 12.3. The van der Waals surface area contributed by atoms with Crippen LogP contribution >= 0.6 is 0 Å². The van der Waals surface area contributed by atoms with E-state index in [9.17, 15) is 9.90 Å². The van der Waals surface area contributed by atoms with Crippen LogP contribution in [0.4, 0.5) is 0 Å². The molecule has 0 spiro atoms. The zero-order valence-corrected chi connectivity index (χ0v) is 9.90. The Morgan fingerprint density at radius 3 is 2.76 bits per heavy atom. The molecule has 1 fully saturated rings. The van der Waals surface area contributed by atoms with Crippen LogP contribution in [-0.2, 0) is 4.79 Å². The van der Waals surface area contributed by atoms with Crippen molar-refractivity contribution in [1.82, 2.24) is 0 Å². The molecule has 1 saturated carbocycles. The molecule has 0 unspecified atom stereocenters. The molecule has 3 nitrogen and oxygen atoms in total. The van der Waals surface area contributed by atoms with Gasteiger partial charge in [-0.25, -0.2) is 0 Å². The summed E-state index contributed by atoms with van der Waals surface area (Å²) in [5, 5.41) is 9.48. The maximum atomic E-state index is 11.7. The van der Waals surface area contributed by atoms with E-state index in [-0.39, 0.29) is 11.5 Å². The van der Waals surface area contributed by atoms with Gasteiger partial charge in [-0.2, -0.15) is 0 Å². The highest BCUT2D eigenvalue weighted by atomic mass is 16.5. The summed E-state index contributed by atoms with van der Waals surface area (Å²) in [6.07, 6.45) is 5.47. The largest absolute Gasteiger partial charge is 0.504 e. The number of allylic oxidation sites excluding steroid dienone is 1. The molecule has 1 aliphatic carbocycles. The maximum Gasteiger partial charge on any atom is 0.161 e. The zero-order valence-electron chi connectivity index (χ0n) is 9.90. The third-order valence-electron chi connectivity index (χ3n) is 3.00. The lowest BCUT2D eigenvalue weighted by Crippen LogP contribution is -2.07. The first kappa shape index (κ1) is 11.7. The number of methoxy groups -OCH3 is 1. The van der Waals surface area contributed by atoms with Gasteiger partial charge in [0.25, 0.3) is 0 Å². The van der Waals surface area contributed by atoms with Gasteiger partial charge in [-0.05, 0) is 48.6 Å². The molecule has 1 N–H and O–H groups in total. The lowest BCUT2D eigenvalue weighted by Gasteiger charge is -2.12. The molecule has 17 heavy (non-hydrogen) atoms. The first-order valence-corrected chi connectivity index (χ1v) is 5.81. The monoisotopic (exact) mass is 232 g/mol. The van der Waals surface area contributed by atoms with Crippen LogP contribution in [0.2, 0.25) is 0 Å². The van der Waals surface area contributed by atoms with Crippen molar-refractivity contribution in [3.05, 3.63) is 29.3 Å². The topological polar surface area (TPSA) is 46.5 Å². The summed E-state index contributed by atoms with van der Waals surface area (Å²) in [6.45, 7) is 0. The highest BCUT2D eigenvalue weighted by Gasteiger charge is 2.14. The lowest BCUT2D eigenvalue weighted by atomic mass is 9.92. The number of phenols is 1. The molecule has 0 amide bonds. The van der Waals surface area contributed by atoms with E-state index in [1.165, 1.54) is 7.11 Å². The normalized spacial score (nSPS) is 18.4. The van der Waals surface area contributed by atoms with E-state index in [4.69, 9.17) is 4.74 Å². The number of ketones is 1. The first-order chi connectivity index (χ1) is 8.20. The Bertz CT molecular complexity index is 461. The quantitative estimate of drug-likeness (QED) is 0.797. The number of carbonyl (C=O) groups is 1. The fourth-order valence-corrected chi connectivity index (χ4v) is 2.04. The van der Waals surface area contributed by atoms with Gasteiger partial charge in [0, 0.05) is 6.42 Å². The van der Waals surface area contributed by atoms with Gasteiger partial charge in [-0.3, -0.25) is 4.79 Å². The summed E-state index contributed by atoms with van der Waals surface area (Å²) in [4.78, 5) is 11.7. The van der Waals surface area contributed by atoms with E-state index in [1.807, 2.05) is 6.08 Å². The molecular formula is C14H16O3. The van der Waals surface area contributed by atoms with Gasteiger partial charge < -0.3 is 9.84 Å². The molecule has 2 rings (SSSR count). The molecule has 0 heterocycles. The number of hydrogen-bond donors (Lipinski definition) is 1. The summed E-state index contributed by atoms with van der Waals surface area (Å²) in [6, 6.07) is 5.11. The van der Waals surface area contributed by atoms with Crippen molar-refractivity contribution in [2.45, 2.75) is 25.7 Å². The maximum absolute atomic E-state index is 11.7.